The predicted octanol–water partition coefficient (Wildman–Crippen LogP) is 4.15. The van der Waals surface area contributed by atoms with Gasteiger partial charge in [0.1, 0.15) is 5.82 Å². The van der Waals surface area contributed by atoms with E-state index in [1.807, 2.05) is 49.4 Å². The Bertz CT molecular complexity index is 763. The minimum atomic E-state index is -0.173. The zero-order chi connectivity index (χ0) is 14.7. The van der Waals surface area contributed by atoms with Gasteiger partial charge < -0.3 is 5.32 Å². The van der Waals surface area contributed by atoms with Crippen molar-refractivity contribution in [3.63, 3.8) is 0 Å². The summed E-state index contributed by atoms with van der Waals surface area (Å²) in [6, 6.07) is 15.3. The molecule has 0 unspecified atom stereocenters. The molecule has 3 heteroatoms. The molecule has 1 N–H and O–H groups in total. The first-order chi connectivity index (χ1) is 10.3. The van der Waals surface area contributed by atoms with Gasteiger partial charge >= 0.3 is 0 Å². The normalized spacial score (nSPS) is 11.0. The molecule has 0 radical (unpaired) electrons. The molecule has 0 bridgehead atoms. The molecule has 3 aromatic rings. The highest BCUT2D eigenvalue weighted by atomic mass is 19.1. The van der Waals surface area contributed by atoms with Crippen LogP contribution in [0.15, 0.2) is 54.7 Å². The van der Waals surface area contributed by atoms with Crippen molar-refractivity contribution in [1.82, 2.24) is 10.3 Å². The number of nitrogens with zero attached hydrogens (tertiary/aromatic N) is 1. The average molecular weight is 280 g/mol. The highest BCUT2D eigenvalue weighted by molar-refractivity contribution is 5.93. The van der Waals surface area contributed by atoms with Crippen molar-refractivity contribution < 1.29 is 4.39 Å². The maximum atomic E-state index is 13.9. The summed E-state index contributed by atoms with van der Waals surface area (Å²) in [6.07, 6.45) is 1.79. The van der Waals surface area contributed by atoms with Crippen LogP contribution in [0.25, 0.3) is 22.0 Å². The molecule has 0 saturated heterocycles. The van der Waals surface area contributed by atoms with Crippen LogP contribution in [-0.2, 0) is 6.54 Å². The highest BCUT2D eigenvalue weighted by Crippen LogP contribution is 2.28. The Morgan fingerprint density at radius 1 is 1.10 bits per heavy atom. The zero-order valence-corrected chi connectivity index (χ0v) is 11.9. The summed E-state index contributed by atoms with van der Waals surface area (Å²) < 4.78 is 13.9. The molecule has 2 aromatic carbocycles. The molecule has 2 nitrogen and oxygen atoms in total. The number of nitrogens with one attached hydrogen (secondary N) is 1. The largest absolute Gasteiger partial charge is 0.313 e. The molecule has 0 atom stereocenters. The van der Waals surface area contributed by atoms with E-state index in [0.29, 0.717) is 12.1 Å². The van der Waals surface area contributed by atoms with Crippen molar-refractivity contribution in [3.8, 4) is 11.1 Å². The fraction of sp³-hybridized carbons (Fsp3) is 0.167. The lowest BCUT2D eigenvalue weighted by molar-refractivity contribution is 0.593. The molecular formula is C18H17FN2. The van der Waals surface area contributed by atoms with E-state index in [0.717, 1.165) is 28.6 Å². The van der Waals surface area contributed by atoms with Gasteiger partial charge in [0.05, 0.1) is 5.52 Å². The quantitative estimate of drug-likeness (QED) is 0.776. The fourth-order valence-corrected chi connectivity index (χ4v) is 2.47. The van der Waals surface area contributed by atoms with E-state index in [1.54, 1.807) is 6.20 Å². The van der Waals surface area contributed by atoms with E-state index in [1.165, 1.54) is 6.07 Å². The van der Waals surface area contributed by atoms with Crippen molar-refractivity contribution in [1.29, 1.82) is 0 Å². The van der Waals surface area contributed by atoms with Gasteiger partial charge in [-0.15, -0.1) is 0 Å². The number of rotatable bonds is 4. The molecule has 1 heterocycles. The second-order valence-corrected chi connectivity index (χ2v) is 4.97. The summed E-state index contributed by atoms with van der Waals surface area (Å²) >= 11 is 0. The smallest absolute Gasteiger partial charge is 0.127 e. The monoisotopic (exact) mass is 280 g/mol. The molecule has 0 aliphatic carbocycles. The number of aromatic nitrogens is 1. The van der Waals surface area contributed by atoms with Crippen molar-refractivity contribution >= 4 is 10.9 Å². The number of halogens is 1. The van der Waals surface area contributed by atoms with Gasteiger partial charge in [-0.3, -0.25) is 4.98 Å². The first-order valence-electron chi connectivity index (χ1n) is 7.13. The molecule has 3 rings (SSSR count). The molecule has 0 aliphatic rings. The van der Waals surface area contributed by atoms with Crippen LogP contribution in [0.2, 0.25) is 0 Å². The van der Waals surface area contributed by atoms with Gasteiger partial charge in [0, 0.05) is 29.3 Å². The van der Waals surface area contributed by atoms with Crippen LogP contribution in [0, 0.1) is 5.82 Å². The zero-order valence-electron chi connectivity index (χ0n) is 11.9. The number of hydrogen-bond acceptors (Lipinski definition) is 2. The lowest BCUT2D eigenvalue weighted by Crippen LogP contribution is -2.12. The number of fused-ring (bicyclic) bond motifs is 1. The number of pyridine rings is 1. The van der Waals surface area contributed by atoms with E-state index in [2.05, 4.69) is 10.3 Å². The van der Waals surface area contributed by atoms with Crippen LogP contribution < -0.4 is 5.32 Å². The fourth-order valence-electron chi connectivity index (χ4n) is 2.47. The maximum absolute atomic E-state index is 13.9. The molecule has 1 aromatic heterocycles. The summed E-state index contributed by atoms with van der Waals surface area (Å²) in [5, 5.41) is 4.26. The third-order valence-corrected chi connectivity index (χ3v) is 3.55. The van der Waals surface area contributed by atoms with Crippen molar-refractivity contribution in [2.45, 2.75) is 13.5 Å². The molecular weight excluding hydrogens is 263 g/mol. The van der Waals surface area contributed by atoms with Crippen LogP contribution in [-0.4, -0.2) is 11.5 Å². The van der Waals surface area contributed by atoms with Crippen LogP contribution >= 0.6 is 0 Å². The Hall–Kier alpha value is -2.26. The number of para-hydroxylation sites is 1. The first-order valence-corrected chi connectivity index (χ1v) is 7.13. The number of benzene rings is 2. The Morgan fingerprint density at radius 2 is 1.95 bits per heavy atom. The third kappa shape index (κ3) is 2.78. The molecule has 0 spiro atoms. The van der Waals surface area contributed by atoms with Gasteiger partial charge in [-0.05, 0) is 30.3 Å². The highest BCUT2D eigenvalue weighted by Gasteiger charge is 2.08. The lowest BCUT2D eigenvalue weighted by Gasteiger charge is -2.09. The Labute approximate surface area is 123 Å². The molecule has 21 heavy (non-hydrogen) atoms. The predicted molar refractivity (Wildman–Crippen MR) is 84.5 cm³/mol. The van der Waals surface area contributed by atoms with Crippen molar-refractivity contribution in [2.75, 3.05) is 6.54 Å². The van der Waals surface area contributed by atoms with E-state index in [4.69, 9.17) is 0 Å². The van der Waals surface area contributed by atoms with E-state index >= 15 is 0 Å². The van der Waals surface area contributed by atoms with Gasteiger partial charge in [-0.2, -0.15) is 0 Å². The second kappa shape index (κ2) is 6.02. The standard InChI is InChI=1S/C18H17FN2/c1-2-20-12-15-11-14(8-9-17(15)19)16-7-3-5-13-6-4-10-21-18(13)16/h3-11,20H,2,12H2,1H3. The van der Waals surface area contributed by atoms with Gasteiger partial charge in [0.25, 0.3) is 0 Å². The SMILES string of the molecule is CCNCc1cc(-c2cccc3cccnc23)ccc1F. The van der Waals surface area contributed by atoms with Crippen LogP contribution in [0.4, 0.5) is 4.39 Å². The van der Waals surface area contributed by atoms with Gasteiger partial charge in [-0.1, -0.05) is 37.3 Å². The van der Waals surface area contributed by atoms with Crippen molar-refractivity contribution in [2.24, 2.45) is 0 Å². The Morgan fingerprint density at radius 3 is 2.81 bits per heavy atom. The van der Waals surface area contributed by atoms with Crippen LogP contribution in [0.3, 0.4) is 0 Å². The van der Waals surface area contributed by atoms with E-state index < -0.39 is 0 Å². The summed E-state index contributed by atoms with van der Waals surface area (Å²) in [5.41, 5.74) is 3.66. The van der Waals surface area contributed by atoms with Crippen LogP contribution in [0.1, 0.15) is 12.5 Å². The maximum Gasteiger partial charge on any atom is 0.127 e. The summed E-state index contributed by atoms with van der Waals surface area (Å²) in [5.74, 6) is -0.173. The molecule has 106 valence electrons. The molecule has 0 amide bonds. The van der Waals surface area contributed by atoms with Crippen molar-refractivity contribution in [3.05, 3.63) is 66.1 Å². The lowest BCUT2D eigenvalue weighted by atomic mass is 10.00. The average Bonchev–Trinajstić information content (AvgIpc) is 2.54. The third-order valence-electron chi connectivity index (χ3n) is 3.55. The van der Waals surface area contributed by atoms with Gasteiger partial charge in [0.15, 0.2) is 0 Å². The second-order valence-electron chi connectivity index (χ2n) is 4.97. The summed E-state index contributed by atoms with van der Waals surface area (Å²) in [4.78, 5) is 4.46. The van der Waals surface area contributed by atoms with Crippen LogP contribution in [0.5, 0.6) is 0 Å². The minimum absolute atomic E-state index is 0.173. The van der Waals surface area contributed by atoms with Gasteiger partial charge in [0.2, 0.25) is 0 Å². The molecule has 0 aliphatic heterocycles. The summed E-state index contributed by atoms with van der Waals surface area (Å²) in [7, 11) is 0. The Kier molecular flexibility index (Phi) is 3.93. The Balaban J connectivity index is 2.10. The molecule has 0 fully saturated rings. The first kappa shape index (κ1) is 13.7. The topological polar surface area (TPSA) is 24.9 Å². The van der Waals surface area contributed by atoms with E-state index in [9.17, 15) is 4.39 Å². The summed E-state index contributed by atoms with van der Waals surface area (Å²) in [6.45, 7) is 3.37. The van der Waals surface area contributed by atoms with E-state index in [-0.39, 0.29) is 5.82 Å². The molecule has 0 saturated carbocycles. The number of hydrogen-bond donors (Lipinski definition) is 1. The minimum Gasteiger partial charge on any atom is -0.313 e. The van der Waals surface area contributed by atoms with Gasteiger partial charge in [-0.25, -0.2) is 4.39 Å².